The standard InChI is InChI=1S/C14H23N3O2S/c1-3-4-7-18-13-14(16-20-15-13)19-12-8-10-5-6-11(9-12)17(10)2/h10-12H,3-9H2,1-2H3. The van der Waals surface area contributed by atoms with Gasteiger partial charge in [-0.3, -0.25) is 0 Å². The molecular weight excluding hydrogens is 274 g/mol. The lowest BCUT2D eigenvalue weighted by Crippen LogP contribution is -2.43. The van der Waals surface area contributed by atoms with E-state index in [9.17, 15) is 0 Å². The second-order valence-corrected chi connectivity index (χ2v) is 6.37. The first-order valence-electron chi connectivity index (χ1n) is 7.62. The Morgan fingerprint density at radius 2 is 1.90 bits per heavy atom. The fourth-order valence-electron chi connectivity index (χ4n) is 3.26. The molecule has 6 heteroatoms. The first kappa shape index (κ1) is 14.1. The highest BCUT2D eigenvalue weighted by molar-refractivity contribution is 6.99. The largest absolute Gasteiger partial charge is 0.473 e. The summed E-state index contributed by atoms with van der Waals surface area (Å²) in [6.45, 7) is 2.84. The molecule has 2 atom stereocenters. The predicted octanol–water partition coefficient (Wildman–Crippen LogP) is 2.72. The molecule has 0 aliphatic carbocycles. The zero-order chi connectivity index (χ0) is 13.9. The van der Waals surface area contributed by atoms with Gasteiger partial charge in [-0.25, -0.2) is 0 Å². The van der Waals surface area contributed by atoms with Gasteiger partial charge >= 0.3 is 0 Å². The van der Waals surface area contributed by atoms with Gasteiger partial charge in [0.1, 0.15) is 6.10 Å². The molecule has 0 amide bonds. The molecule has 1 aromatic rings. The van der Waals surface area contributed by atoms with Crippen LogP contribution >= 0.6 is 11.7 Å². The van der Waals surface area contributed by atoms with E-state index in [1.54, 1.807) is 0 Å². The van der Waals surface area contributed by atoms with E-state index >= 15 is 0 Å². The molecule has 2 unspecified atom stereocenters. The third-order valence-electron chi connectivity index (χ3n) is 4.50. The van der Waals surface area contributed by atoms with Crippen LogP contribution in [0.2, 0.25) is 0 Å². The minimum Gasteiger partial charge on any atom is -0.473 e. The summed E-state index contributed by atoms with van der Waals surface area (Å²) in [4.78, 5) is 2.51. The minimum absolute atomic E-state index is 0.265. The van der Waals surface area contributed by atoms with Crippen LogP contribution in [0.15, 0.2) is 0 Å². The van der Waals surface area contributed by atoms with Gasteiger partial charge in [0.15, 0.2) is 0 Å². The second-order valence-electron chi connectivity index (χ2n) is 5.84. The van der Waals surface area contributed by atoms with E-state index < -0.39 is 0 Å². The summed E-state index contributed by atoms with van der Waals surface area (Å²) in [5, 5.41) is 0. The summed E-state index contributed by atoms with van der Waals surface area (Å²) in [6, 6.07) is 1.35. The summed E-state index contributed by atoms with van der Waals surface area (Å²) >= 11 is 1.17. The average molecular weight is 297 g/mol. The van der Waals surface area contributed by atoms with Crippen LogP contribution in [-0.2, 0) is 0 Å². The van der Waals surface area contributed by atoms with Crippen LogP contribution in [0.1, 0.15) is 45.4 Å². The molecule has 3 heterocycles. The maximum atomic E-state index is 6.07. The summed E-state index contributed by atoms with van der Waals surface area (Å²) in [7, 11) is 2.24. The van der Waals surface area contributed by atoms with E-state index in [0.717, 1.165) is 25.7 Å². The summed E-state index contributed by atoms with van der Waals surface area (Å²) in [5.41, 5.74) is 0. The van der Waals surface area contributed by atoms with Crippen molar-refractivity contribution in [2.45, 2.75) is 63.6 Å². The van der Waals surface area contributed by atoms with Crippen molar-refractivity contribution in [2.24, 2.45) is 0 Å². The number of piperidine rings is 1. The first-order valence-corrected chi connectivity index (χ1v) is 8.35. The molecule has 2 bridgehead atoms. The van der Waals surface area contributed by atoms with Crippen LogP contribution in [0.25, 0.3) is 0 Å². The zero-order valence-corrected chi connectivity index (χ0v) is 13.1. The molecule has 0 N–H and O–H groups in total. The SMILES string of the molecule is CCCCOc1nsnc1OC1CC2CCC(C1)N2C. The maximum Gasteiger partial charge on any atom is 0.291 e. The van der Waals surface area contributed by atoms with Crippen LogP contribution in [0.3, 0.4) is 0 Å². The van der Waals surface area contributed by atoms with Crippen LogP contribution in [0.4, 0.5) is 0 Å². The number of unbranched alkanes of at least 4 members (excludes halogenated alkanes) is 1. The van der Waals surface area contributed by atoms with Crippen LogP contribution in [-0.4, -0.2) is 45.5 Å². The summed E-state index contributed by atoms with van der Waals surface area (Å²) in [5.74, 6) is 1.18. The number of aromatic nitrogens is 2. The van der Waals surface area contributed by atoms with E-state index in [1.165, 1.54) is 24.6 Å². The van der Waals surface area contributed by atoms with E-state index in [1.807, 2.05) is 0 Å². The van der Waals surface area contributed by atoms with Crippen molar-refractivity contribution in [3.8, 4) is 11.8 Å². The van der Waals surface area contributed by atoms with Crippen molar-refractivity contribution in [1.82, 2.24) is 13.6 Å². The summed E-state index contributed by atoms with van der Waals surface area (Å²) < 4.78 is 20.2. The Balaban J connectivity index is 1.57. The molecule has 5 nitrogen and oxygen atoms in total. The Labute approximate surface area is 124 Å². The fourth-order valence-corrected chi connectivity index (χ4v) is 3.70. The van der Waals surface area contributed by atoms with Crippen molar-refractivity contribution < 1.29 is 9.47 Å². The van der Waals surface area contributed by atoms with Crippen LogP contribution < -0.4 is 9.47 Å². The van der Waals surface area contributed by atoms with Gasteiger partial charge in [-0.1, -0.05) is 13.3 Å². The smallest absolute Gasteiger partial charge is 0.291 e. The number of hydrogen-bond acceptors (Lipinski definition) is 6. The molecule has 2 aliphatic heterocycles. The maximum absolute atomic E-state index is 6.07. The van der Waals surface area contributed by atoms with Crippen LogP contribution in [0, 0.1) is 0 Å². The topological polar surface area (TPSA) is 47.5 Å². The van der Waals surface area contributed by atoms with E-state index in [2.05, 4.69) is 27.6 Å². The van der Waals surface area contributed by atoms with Crippen molar-refractivity contribution >= 4 is 11.7 Å². The molecule has 0 spiro atoms. The monoisotopic (exact) mass is 297 g/mol. The highest BCUT2D eigenvalue weighted by Crippen LogP contribution is 2.37. The Bertz CT molecular complexity index is 426. The highest BCUT2D eigenvalue weighted by Gasteiger charge is 2.39. The molecule has 20 heavy (non-hydrogen) atoms. The molecule has 2 fully saturated rings. The zero-order valence-electron chi connectivity index (χ0n) is 12.2. The first-order chi connectivity index (χ1) is 9.78. The Hall–Kier alpha value is -0.880. The quantitative estimate of drug-likeness (QED) is 0.756. The van der Waals surface area contributed by atoms with Crippen molar-refractivity contribution in [3.63, 3.8) is 0 Å². The molecule has 112 valence electrons. The molecular formula is C14H23N3O2S. The van der Waals surface area contributed by atoms with Crippen molar-refractivity contribution in [3.05, 3.63) is 0 Å². The molecule has 2 saturated heterocycles. The van der Waals surface area contributed by atoms with E-state index in [-0.39, 0.29) is 6.10 Å². The van der Waals surface area contributed by atoms with E-state index in [4.69, 9.17) is 9.47 Å². The molecule has 3 rings (SSSR count). The number of rotatable bonds is 6. The van der Waals surface area contributed by atoms with Gasteiger partial charge in [-0.15, -0.1) is 8.75 Å². The predicted molar refractivity (Wildman–Crippen MR) is 78.5 cm³/mol. The molecule has 0 aromatic carbocycles. The number of nitrogens with zero attached hydrogens (tertiary/aromatic N) is 3. The van der Waals surface area contributed by atoms with Gasteiger partial charge in [0.25, 0.3) is 11.8 Å². The number of fused-ring (bicyclic) bond motifs is 2. The molecule has 2 aliphatic rings. The van der Waals surface area contributed by atoms with Gasteiger partial charge in [-0.2, -0.15) is 0 Å². The highest BCUT2D eigenvalue weighted by atomic mass is 32.1. The van der Waals surface area contributed by atoms with E-state index in [0.29, 0.717) is 30.5 Å². The van der Waals surface area contributed by atoms with Gasteiger partial charge in [0, 0.05) is 12.1 Å². The lowest BCUT2D eigenvalue weighted by atomic mass is 10.0. The normalized spacial score (nSPS) is 29.6. The van der Waals surface area contributed by atoms with Gasteiger partial charge in [-0.05, 0) is 39.2 Å². The molecule has 1 aromatic heterocycles. The second kappa shape index (κ2) is 6.26. The lowest BCUT2D eigenvalue weighted by Gasteiger charge is -2.35. The molecule has 0 radical (unpaired) electrons. The third-order valence-corrected chi connectivity index (χ3v) is 5.00. The summed E-state index contributed by atoms with van der Waals surface area (Å²) in [6.07, 6.45) is 7.21. The Kier molecular flexibility index (Phi) is 4.41. The minimum atomic E-state index is 0.265. The lowest BCUT2D eigenvalue weighted by molar-refractivity contribution is 0.0611. The van der Waals surface area contributed by atoms with Crippen LogP contribution in [0.5, 0.6) is 11.8 Å². The Morgan fingerprint density at radius 3 is 2.60 bits per heavy atom. The van der Waals surface area contributed by atoms with Crippen molar-refractivity contribution in [2.75, 3.05) is 13.7 Å². The van der Waals surface area contributed by atoms with Crippen molar-refractivity contribution in [1.29, 1.82) is 0 Å². The average Bonchev–Trinajstić information content (AvgIpc) is 2.93. The third kappa shape index (κ3) is 2.91. The Morgan fingerprint density at radius 1 is 1.20 bits per heavy atom. The van der Waals surface area contributed by atoms with Gasteiger partial charge < -0.3 is 14.4 Å². The number of hydrogen-bond donors (Lipinski definition) is 0. The fraction of sp³-hybridized carbons (Fsp3) is 0.857. The van der Waals surface area contributed by atoms with Gasteiger partial charge in [0.2, 0.25) is 0 Å². The number of ether oxygens (including phenoxy) is 2. The van der Waals surface area contributed by atoms with Gasteiger partial charge in [0.05, 0.1) is 18.3 Å². The molecule has 0 saturated carbocycles.